The van der Waals surface area contributed by atoms with Crippen LogP contribution >= 0.6 is 11.6 Å². The highest BCUT2D eigenvalue weighted by Crippen LogP contribution is 2.16. The Labute approximate surface area is 150 Å². The number of para-hydroxylation sites is 1. The highest BCUT2D eigenvalue weighted by molar-refractivity contribution is 7.90. The lowest BCUT2D eigenvalue weighted by Gasteiger charge is -2.21. The Morgan fingerprint density at radius 1 is 1.08 bits per heavy atom. The van der Waals surface area contributed by atoms with Gasteiger partial charge in [0, 0.05) is 10.7 Å². The zero-order chi connectivity index (χ0) is 18.4. The Bertz CT molecular complexity index is 854. The van der Waals surface area contributed by atoms with E-state index in [4.69, 9.17) is 11.6 Å². The third-order valence-corrected chi connectivity index (χ3v) is 4.76. The fourth-order valence-electron chi connectivity index (χ4n) is 1.92. The summed E-state index contributed by atoms with van der Waals surface area (Å²) in [5, 5.41) is 0.363. The van der Waals surface area contributed by atoms with E-state index >= 15 is 0 Å². The van der Waals surface area contributed by atoms with E-state index in [-0.39, 0.29) is 4.90 Å². The molecule has 2 amide bonds. The van der Waals surface area contributed by atoms with E-state index < -0.39 is 28.6 Å². The van der Waals surface area contributed by atoms with Crippen molar-refractivity contribution in [3.8, 4) is 0 Å². The number of anilines is 1. The minimum atomic E-state index is -4.12. The first-order chi connectivity index (χ1) is 11.8. The third-order valence-electron chi connectivity index (χ3n) is 3.17. The number of esters is 1. The Morgan fingerprint density at radius 3 is 2.24 bits per heavy atom. The molecular formula is C16H15ClN2O5S. The summed E-state index contributed by atoms with van der Waals surface area (Å²) in [6, 6.07) is 12.5. The number of hydrogen-bond donors (Lipinski definition) is 1. The van der Waals surface area contributed by atoms with Crippen LogP contribution in [0.1, 0.15) is 0 Å². The van der Waals surface area contributed by atoms with E-state index in [2.05, 4.69) is 4.74 Å². The molecule has 0 bridgehead atoms. The number of ether oxygens (including phenoxy) is 1. The standard InChI is InChI=1S/C16H15ClN2O5S/c1-24-15(20)11-19(13-5-3-2-4-6-13)16(21)18-25(22,23)14-9-7-12(17)8-10-14/h2-10H,11H2,1H3,(H,18,21). The van der Waals surface area contributed by atoms with Crippen LogP contribution in [0, 0.1) is 0 Å². The molecule has 0 saturated carbocycles. The molecule has 0 aliphatic heterocycles. The average molecular weight is 383 g/mol. The molecule has 0 spiro atoms. The van der Waals surface area contributed by atoms with Gasteiger partial charge in [-0.05, 0) is 36.4 Å². The summed E-state index contributed by atoms with van der Waals surface area (Å²) in [6.45, 7) is -0.442. The van der Waals surface area contributed by atoms with Crippen molar-refractivity contribution in [2.24, 2.45) is 0 Å². The van der Waals surface area contributed by atoms with Crippen LogP contribution < -0.4 is 9.62 Å². The molecule has 0 fully saturated rings. The minimum Gasteiger partial charge on any atom is -0.468 e. The number of sulfonamides is 1. The third kappa shape index (κ3) is 4.94. The van der Waals surface area contributed by atoms with Crippen molar-refractivity contribution in [2.75, 3.05) is 18.6 Å². The average Bonchev–Trinajstić information content (AvgIpc) is 2.60. The van der Waals surface area contributed by atoms with Gasteiger partial charge in [0.25, 0.3) is 10.0 Å². The quantitative estimate of drug-likeness (QED) is 0.801. The van der Waals surface area contributed by atoms with Crippen LogP contribution in [0.3, 0.4) is 0 Å². The van der Waals surface area contributed by atoms with E-state index in [0.29, 0.717) is 10.7 Å². The van der Waals surface area contributed by atoms with E-state index in [1.165, 1.54) is 31.4 Å². The minimum absolute atomic E-state index is 0.128. The highest BCUT2D eigenvalue weighted by atomic mass is 35.5. The molecular weight excluding hydrogens is 368 g/mol. The van der Waals surface area contributed by atoms with Gasteiger partial charge in [-0.1, -0.05) is 29.8 Å². The number of methoxy groups -OCH3 is 1. The Morgan fingerprint density at radius 2 is 1.68 bits per heavy atom. The van der Waals surface area contributed by atoms with E-state index in [1.54, 1.807) is 30.3 Å². The smallest absolute Gasteiger partial charge is 0.336 e. The fraction of sp³-hybridized carbons (Fsp3) is 0.125. The number of carbonyl (C=O) groups excluding carboxylic acids is 2. The predicted octanol–water partition coefficient (Wildman–Crippen LogP) is 2.42. The second kappa shape index (κ2) is 8.00. The molecule has 2 rings (SSSR count). The van der Waals surface area contributed by atoms with Crippen molar-refractivity contribution in [3.63, 3.8) is 0 Å². The van der Waals surface area contributed by atoms with Gasteiger partial charge in [0.05, 0.1) is 12.0 Å². The molecule has 0 aromatic heterocycles. The first-order valence-electron chi connectivity index (χ1n) is 7.05. The predicted molar refractivity (Wildman–Crippen MR) is 93.0 cm³/mol. The summed E-state index contributed by atoms with van der Waals surface area (Å²) in [5.41, 5.74) is 0.344. The molecule has 0 saturated heterocycles. The number of amides is 2. The Kier molecular flexibility index (Phi) is 6.00. The van der Waals surface area contributed by atoms with Gasteiger partial charge in [0.1, 0.15) is 6.54 Å². The molecule has 7 nitrogen and oxygen atoms in total. The summed E-state index contributed by atoms with van der Waals surface area (Å²) < 4.78 is 31.1. The number of benzene rings is 2. The molecule has 9 heteroatoms. The largest absolute Gasteiger partial charge is 0.468 e. The van der Waals surface area contributed by atoms with Crippen molar-refractivity contribution in [3.05, 3.63) is 59.6 Å². The molecule has 0 radical (unpaired) electrons. The van der Waals surface area contributed by atoms with Crippen LogP contribution in [-0.2, 0) is 19.6 Å². The maximum absolute atomic E-state index is 12.5. The number of carbonyl (C=O) groups is 2. The second-order valence-electron chi connectivity index (χ2n) is 4.86. The normalized spacial score (nSPS) is 10.8. The highest BCUT2D eigenvalue weighted by Gasteiger charge is 2.25. The number of nitrogens with one attached hydrogen (secondary N) is 1. The fourth-order valence-corrected chi connectivity index (χ4v) is 3.00. The summed E-state index contributed by atoms with van der Waals surface area (Å²) in [7, 11) is -2.95. The lowest BCUT2D eigenvalue weighted by molar-refractivity contribution is -0.138. The number of hydrogen-bond acceptors (Lipinski definition) is 5. The monoisotopic (exact) mass is 382 g/mol. The number of rotatable bonds is 5. The molecule has 0 aliphatic rings. The SMILES string of the molecule is COC(=O)CN(C(=O)NS(=O)(=O)c1ccc(Cl)cc1)c1ccccc1. The van der Waals surface area contributed by atoms with Gasteiger partial charge in [0.2, 0.25) is 0 Å². The summed E-state index contributed by atoms with van der Waals surface area (Å²) >= 11 is 5.73. The first-order valence-corrected chi connectivity index (χ1v) is 8.91. The van der Waals surface area contributed by atoms with Crippen molar-refractivity contribution >= 4 is 39.3 Å². The van der Waals surface area contributed by atoms with Gasteiger partial charge in [-0.3, -0.25) is 9.69 Å². The molecule has 0 unspecified atom stereocenters. The van der Waals surface area contributed by atoms with Crippen molar-refractivity contribution in [1.29, 1.82) is 0 Å². The molecule has 0 heterocycles. The van der Waals surface area contributed by atoms with Crippen molar-refractivity contribution in [2.45, 2.75) is 4.90 Å². The van der Waals surface area contributed by atoms with E-state index in [1.807, 2.05) is 4.72 Å². The van der Waals surface area contributed by atoms with Gasteiger partial charge in [-0.15, -0.1) is 0 Å². The summed E-state index contributed by atoms with van der Waals surface area (Å²) in [6.07, 6.45) is 0. The molecule has 2 aromatic carbocycles. The van der Waals surface area contributed by atoms with Crippen LogP contribution in [-0.4, -0.2) is 34.1 Å². The van der Waals surface area contributed by atoms with Gasteiger partial charge in [-0.2, -0.15) is 0 Å². The first kappa shape index (κ1) is 18.8. The van der Waals surface area contributed by atoms with Crippen LogP contribution in [0.5, 0.6) is 0 Å². The zero-order valence-electron chi connectivity index (χ0n) is 13.2. The summed E-state index contributed by atoms with van der Waals surface area (Å²) in [5.74, 6) is -0.692. The second-order valence-corrected chi connectivity index (χ2v) is 6.98. The Hall–Kier alpha value is -2.58. The molecule has 25 heavy (non-hydrogen) atoms. The lowest BCUT2D eigenvalue weighted by atomic mass is 10.3. The van der Waals surface area contributed by atoms with Gasteiger partial charge in [-0.25, -0.2) is 17.9 Å². The zero-order valence-corrected chi connectivity index (χ0v) is 14.8. The Balaban J connectivity index is 2.27. The topological polar surface area (TPSA) is 92.8 Å². The number of halogens is 1. The van der Waals surface area contributed by atoms with Crippen molar-refractivity contribution < 1.29 is 22.7 Å². The van der Waals surface area contributed by atoms with Crippen LogP contribution in [0.15, 0.2) is 59.5 Å². The van der Waals surface area contributed by atoms with E-state index in [9.17, 15) is 18.0 Å². The van der Waals surface area contributed by atoms with Gasteiger partial charge >= 0.3 is 12.0 Å². The summed E-state index contributed by atoms with van der Waals surface area (Å²) in [4.78, 5) is 24.9. The molecule has 132 valence electrons. The lowest BCUT2D eigenvalue weighted by Crippen LogP contribution is -2.45. The number of nitrogens with zero attached hydrogens (tertiary/aromatic N) is 1. The molecule has 2 aromatic rings. The van der Waals surface area contributed by atoms with Gasteiger partial charge < -0.3 is 4.74 Å². The van der Waals surface area contributed by atoms with Gasteiger partial charge in [0.15, 0.2) is 0 Å². The molecule has 0 aliphatic carbocycles. The van der Waals surface area contributed by atoms with Crippen LogP contribution in [0.25, 0.3) is 0 Å². The maximum atomic E-state index is 12.5. The molecule has 0 atom stereocenters. The number of urea groups is 1. The van der Waals surface area contributed by atoms with E-state index in [0.717, 1.165) is 4.90 Å². The maximum Gasteiger partial charge on any atom is 0.336 e. The van der Waals surface area contributed by atoms with Crippen molar-refractivity contribution in [1.82, 2.24) is 4.72 Å². The molecule has 1 N–H and O–H groups in total. The van der Waals surface area contributed by atoms with Crippen LogP contribution in [0.2, 0.25) is 5.02 Å². The van der Waals surface area contributed by atoms with Crippen LogP contribution in [0.4, 0.5) is 10.5 Å².